The first-order chi connectivity index (χ1) is 12.4. The zero-order chi connectivity index (χ0) is 18.9. The maximum absolute atomic E-state index is 11.6. The lowest BCUT2D eigenvalue weighted by atomic mass is 10.0. The molecule has 2 aromatic heterocycles. The van der Waals surface area contributed by atoms with Gasteiger partial charge in [0.05, 0.1) is 5.39 Å². The lowest BCUT2D eigenvalue weighted by molar-refractivity contribution is -0.138. The first kappa shape index (κ1) is 18.9. The van der Waals surface area contributed by atoms with E-state index < -0.39 is 10.7 Å². The molecule has 4 nitrogen and oxygen atoms in total. The normalized spacial score (nSPS) is 11.8. The van der Waals surface area contributed by atoms with Crippen molar-refractivity contribution in [1.29, 1.82) is 0 Å². The average molecular weight is 387 g/mol. The number of aryl methyl sites for hydroxylation is 2. The first-order valence-electron chi connectivity index (χ1n) is 8.65. The van der Waals surface area contributed by atoms with Crippen molar-refractivity contribution in [1.82, 2.24) is 9.97 Å². The van der Waals surface area contributed by atoms with E-state index in [-0.39, 0.29) is 0 Å². The second-order valence-corrected chi connectivity index (χ2v) is 9.28. The number of thioether (sulfide) groups is 1. The molecule has 0 aliphatic rings. The van der Waals surface area contributed by atoms with E-state index in [4.69, 9.17) is 0 Å². The number of fused-ring (bicyclic) bond motifs is 1. The van der Waals surface area contributed by atoms with E-state index in [0.717, 1.165) is 39.2 Å². The molecule has 3 rings (SSSR count). The van der Waals surface area contributed by atoms with Crippen molar-refractivity contribution in [2.24, 2.45) is 0 Å². The van der Waals surface area contributed by atoms with E-state index in [2.05, 4.69) is 48.1 Å². The van der Waals surface area contributed by atoms with Crippen LogP contribution in [-0.4, -0.2) is 25.8 Å². The number of hydrogen-bond donors (Lipinski definition) is 1. The van der Waals surface area contributed by atoms with Crippen LogP contribution in [0, 0.1) is 0 Å². The molecular weight excluding hydrogens is 364 g/mol. The Bertz CT molecular complexity index is 946. The second kappa shape index (κ2) is 7.37. The number of benzene rings is 1. The molecule has 0 unspecified atom stereocenters. The molecule has 0 aliphatic carbocycles. The van der Waals surface area contributed by atoms with Crippen LogP contribution in [0.25, 0.3) is 21.3 Å². The van der Waals surface area contributed by atoms with Crippen molar-refractivity contribution in [3.05, 3.63) is 41.0 Å². The quantitative estimate of drug-likeness (QED) is 0.451. The highest BCUT2D eigenvalue weighted by molar-refractivity contribution is 8.01. The minimum absolute atomic E-state index is 0.730. The summed E-state index contributed by atoms with van der Waals surface area (Å²) in [6.07, 6.45) is 3.43. The number of rotatable bonds is 6. The molecule has 6 heteroatoms. The van der Waals surface area contributed by atoms with Gasteiger partial charge in [-0.1, -0.05) is 49.9 Å². The number of carbonyl (C=O) groups is 1. The number of nitrogens with zero attached hydrogens (tertiary/aromatic N) is 2. The number of aliphatic carboxylic acids is 1. The zero-order valence-electron chi connectivity index (χ0n) is 15.4. The fraction of sp³-hybridized carbons (Fsp3) is 0.350. The molecule has 0 saturated carbocycles. The Labute approximate surface area is 161 Å². The predicted octanol–water partition coefficient (Wildman–Crippen LogP) is 5.44. The summed E-state index contributed by atoms with van der Waals surface area (Å²) in [6.45, 7) is 7.69. The fourth-order valence-corrected chi connectivity index (χ4v) is 4.91. The minimum Gasteiger partial charge on any atom is -0.480 e. The lowest BCUT2D eigenvalue weighted by Crippen LogP contribution is -2.27. The molecule has 0 atom stereocenters. The molecule has 0 aliphatic heterocycles. The summed E-state index contributed by atoms with van der Waals surface area (Å²) in [5.74, 6) is -0.853. The molecule has 0 bridgehead atoms. The number of carboxylic acids is 1. The molecule has 0 amide bonds. The monoisotopic (exact) mass is 386 g/mol. The summed E-state index contributed by atoms with van der Waals surface area (Å²) in [5.41, 5.74) is 3.57. The summed E-state index contributed by atoms with van der Waals surface area (Å²) in [4.78, 5) is 22.6. The Morgan fingerprint density at radius 3 is 2.42 bits per heavy atom. The number of carboxylic acid groups (broad SMARTS) is 1. The van der Waals surface area contributed by atoms with Gasteiger partial charge in [-0.15, -0.1) is 11.3 Å². The van der Waals surface area contributed by atoms with Crippen molar-refractivity contribution in [3.63, 3.8) is 0 Å². The number of hydrogen-bond acceptors (Lipinski definition) is 5. The van der Waals surface area contributed by atoms with Crippen LogP contribution in [0.2, 0.25) is 0 Å². The van der Waals surface area contributed by atoms with Crippen LogP contribution in [0.5, 0.6) is 0 Å². The zero-order valence-corrected chi connectivity index (χ0v) is 17.0. The van der Waals surface area contributed by atoms with Crippen LogP contribution in [0.15, 0.2) is 35.6 Å². The summed E-state index contributed by atoms with van der Waals surface area (Å²) in [7, 11) is 0. The Kier molecular flexibility index (Phi) is 5.34. The highest BCUT2D eigenvalue weighted by Crippen LogP contribution is 2.44. The van der Waals surface area contributed by atoms with Gasteiger partial charge in [-0.3, -0.25) is 4.79 Å². The maximum Gasteiger partial charge on any atom is 0.319 e. The first-order valence-corrected chi connectivity index (χ1v) is 10.3. The smallest absolute Gasteiger partial charge is 0.319 e. The molecule has 1 aromatic carbocycles. The Morgan fingerprint density at radius 1 is 1.15 bits per heavy atom. The van der Waals surface area contributed by atoms with Gasteiger partial charge in [-0.05, 0) is 37.8 Å². The third-order valence-electron chi connectivity index (χ3n) is 4.37. The highest BCUT2D eigenvalue weighted by Gasteiger charge is 2.31. The molecule has 136 valence electrons. The van der Waals surface area contributed by atoms with Gasteiger partial charge in [0.25, 0.3) is 0 Å². The Morgan fingerprint density at radius 2 is 1.85 bits per heavy atom. The van der Waals surface area contributed by atoms with E-state index in [1.165, 1.54) is 28.5 Å². The number of aromatic nitrogens is 2. The molecule has 3 aromatic rings. The molecule has 2 heterocycles. The maximum atomic E-state index is 11.6. The van der Waals surface area contributed by atoms with Crippen molar-refractivity contribution < 1.29 is 9.90 Å². The van der Waals surface area contributed by atoms with E-state index in [1.54, 1.807) is 25.2 Å². The fourth-order valence-electron chi connectivity index (χ4n) is 2.78. The molecule has 26 heavy (non-hydrogen) atoms. The Hall–Kier alpha value is -1.92. The largest absolute Gasteiger partial charge is 0.480 e. The minimum atomic E-state index is -0.959. The second-order valence-electron chi connectivity index (χ2n) is 6.58. The molecule has 0 saturated heterocycles. The van der Waals surface area contributed by atoms with Gasteiger partial charge < -0.3 is 5.11 Å². The summed E-state index contributed by atoms with van der Waals surface area (Å²) >= 11 is 2.95. The van der Waals surface area contributed by atoms with E-state index in [9.17, 15) is 9.90 Å². The molecule has 0 radical (unpaired) electrons. The van der Waals surface area contributed by atoms with Crippen molar-refractivity contribution in [2.45, 2.75) is 50.3 Å². The standard InChI is InChI=1S/C20H22N2O2S2/c1-5-12-7-9-13(10-8-12)15-14(6-2)25-17-16(15)18(22-11-21-17)26-20(3,4)19(23)24/h7-11H,5-6H2,1-4H3,(H,23,24). The Balaban J connectivity index is 2.22. The molecular formula is C20H22N2O2S2. The highest BCUT2D eigenvalue weighted by atomic mass is 32.2. The molecule has 0 spiro atoms. The average Bonchev–Trinajstić information content (AvgIpc) is 3.01. The van der Waals surface area contributed by atoms with Gasteiger partial charge in [0.15, 0.2) is 0 Å². The van der Waals surface area contributed by atoms with E-state index in [0.29, 0.717) is 0 Å². The van der Waals surface area contributed by atoms with Crippen LogP contribution < -0.4 is 0 Å². The van der Waals surface area contributed by atoms with Gasteiger partial charge in [0.2, 0.25) is 0 Å². The van der Waals surface area contributed by atoms with Crippen molar-refractivity contribution in [2.75, 3.05) is 0 Å². The third-order valence-corrected chi connectivity index (χ3v) is 6.80. The topological polar surface area (TPSA) is 63.1 Å². The molecule has 1 N–H and O–H groups in total. The van der Waals surface area contributed by atoms with Crippen LogP contribution in [0.3, 0.4) is 0 Å². The summed E-state index contributed by atoms with van der Waals surface area (Å²) in [5, 5.41) is 11.2. The van der Waals surface area contributed by atoms with E-state index >= 15 is 0 Å². The van der Waals surface area contributed by atoms with E-state index in [1.807, 2.05) is 0 Å². The van der Waals surface area contributed by atoms with Crippen LogP contribution in [0.4, 0.5) is 0 Å². The van der Waals surface area contributed by atoms with Gasteiger partial charge in [0.1, 0.15) is 20.9 Å². The van der Waals surface area contributed by atoms with Crippen LogP contribution >= 0.6 is 23.1 Å². The van der Waals surface area contributed by atoms with Gasteiger partial charge in [-0.25, -0.2) is 9.97 Å². The van der Waals surface area contributed by atoms with Crippen LogP contribution in [0.1, 0.15) is 38.1 Å². The van der Waals surface area contributed by atoms with Gasteiger partial charge >= 0.3 is 5.97 Å². The predicted molar refractivity (Wildman–Crippen MR) is 109 cm³/mol. The summed E-state index contributed by atoms with van der Waals surface area (Å²) < 4.78 is -0.959. The number of thiophene rings is 1. The van der Waals surface area contributed by atoms with Crippen molar-refractivity contribution in [3.8, 4) is 11.1 Å². The third kappa shape index (κ3) is 3.48. The van der Waals surface area contributed by atoms with Crippen molar-refractivity contribution >= 4 is 39.3 Å². The van der Waals surface area contributed by atoms with Crippen LogP contribution in [-0.2, 0) is 17.6 Å². The molecule has 0 fully saturated rings. The SMILES string of the molecule is CCc1ccc(-c2c(CC)sc3ncnc(SC(C)(C)C(=O)O)c23)cc1. The summed E-state index contributed by atoms with van der Waals surface area (Å²) in [6, 6.07) is 8.58. The lowest BCUT2D eigenvalue weighted by Gasteiger charge is -2.18. The van der Waals surface area contributed by atoms with Gasteiger partial charge in [0, 0.05) is 10.4 Å². The van der Waals surface area contributed by atoms with Gasteiger partial charge in [-0.2, -0.15) is 0 Å².